The van der Waals surface area contributed by atoms with Crippen molar-refractivity contribution >= 4 is 22.9 Å². The summed E-state index contributed by atoms with van der Waals surface area (Å²) in [6, 6.07) is 11.1. The average molecular weight is 539 g/mol. The number of nitrogens with zero attached hydrogens (tertiary/aromatic N) is 7. The van der Waals surface area contributed by atoms with Crippen molar-refractivity contribution in [1.29, 1.82) is 0 Å². The molecule has 0 bridgehead atoms. The van der Waals surface area contributed by atoms with Crippen LogP contribution in [0.1, 0.15) is 11.1 Å². The Bertz CT molecular complexity index is 2000. The van der Waals surface area contributed by atoms with Crippen LogP contribution in [0.15, 0.2) is 83.2 Å². The lowest BCUT2D eigenvalue weighted by Crippen LogP contribution is -2.18. The Morgan fingerprint density at radius 3 is 1.70 bits per heavy atom. The Balaban J connectivity index is 0.000000162. The number of nitro groups is 1. The molecule has 0 saturated heterocycles. The van der Waals surface area contributed by atoms with E-state index in [1.807, 2.05) is 48.0 Å². The summed E-state index contributed by atoms with van der Waals surface area (Å²) in [5.74, 6) is 0.506. The average Bonchev–Trinajstić information content (AvgIpc) is 3.53. The fourth-order valence-electron chi connectivity index (χ4n) is 4.51. The van der Waals surface area contributed by atoms with Gasteiger partial charge in [-0.05, 0) is 54.7 Å². The smallest absolute Gasteiger partial charge is 0.347 e. The Morgan fingerprint density at radius 1 is 0.725 bits per heavy atom. The van der Waals surface area contributed by atoms with Crippen molar-refractivity contribution in [3.63, 3.8) is 0 Å². The molecule has 0 aromatic carbocycles. The minimum Gasteiger partial charge on any atom is -0.383 e. The van der Waals surface area contributed by atoms with Crippen molar-refractivity contribution in [2.24, 2.45) is 14.1 Å². The molecule has 0 aliphatic rings. The maximum absolute atomic E-state index is 11.7. The van der Waals surface area contributed by atoms with Crippen molar-refractivity contribution in [3.8, 4) is 22.3 Å². The summed E-state index contributed by atoms with van der Waals surface area (Å²) in [6.07, 6.45) is 9.97. The molecule has 0 spiro atoms. The van der Waals surface area contributed by atoms with Crippen LogP contribution in [-0.4, -0.2) is 32.8 Å². The van der Waals surface area contributed by atoms with Gasteiger partial charge in [-0.2, -0.15) is 4.40 Å². The molecule has 2 N–H and O–H groups in total. The molecule has 6 aromatic rings. The second kappa shape index (κ2) is 9.98. The van der Waals surface area contributed by atoms with Gasteiger partial charge in [0.25, 0.3) is 11.1 Å². The van der Waals surface area contributed by atoms with Crippen LogP contribution in [0, 0.1) is 24.0 Å². The molecule has 6 rings (SSSR count). The van der Waals surface area contributed by atoms with Crippen LogP contribution in [0.2, 0.25) is 0 Å². The summed E-state index contributed by atoms with van der Waals surface area (Å²) in [6.45, 7) is 3.56. The van der Waals surface area contributed by atoms with Gasteiger partial charge < -0.3 is 25.0 Å². The largest absolute Gasteiger partial charge is 0.383 e. The third-order valence-electron chi connectivity index (χ3n) is 6.60. The number of anilines is 1. The minimum absolute atomic E-state index is 0.0203. The molecule has 202 valence electrons. The molecule has 0 atom stereocenters. The fourth-order valence-corrected chi connectivity index (χ4v) is 4.51. The Labute approximate surface area is 227 Å². The number of hydrogen-bond acceptors (Lipinski definition) is 7. The topological polar surface area (TPSA) is 148 Å². The zero-order valence-corrected chi connectivity index (χ0v) is 22.3. The van der Waals surface area contributed by atoms with E-state index in [1.165, 1.54) is 15.2 Å². The van der Waals surface area contributed by atoms with E-state index in [1.54, 1.807) is 56.3 Å². The third-order valence-corrected chi connectivity index (χ3v) is 6.60. The highest BCUT2D eigenvalue weighted by molar-refractivity contribution is 5.66. The lowest BCUT2D eigenvalue weighted by molar-refractivity contribution is -0.390. The maximum atomic E-state index is 11.7. The zero-order valence-electron chi connectivity index (χ0n) is 22.3. The van der Waals surface area contributed by atoms with Crippen molar-refractivity contribution in [1.82, 2.24) is 27.9 Å². The first-order valence-electron chi connectivity index (χ1n) is 12.2. The minimum atomic E-state index is -0.476. The van der Waals surface area contributed by atoms with Crippen molar-refractivity contribution in [2.45, 2.75) is 13.8 Å². The van der Waals surface area contributed by atoms with Crippen LogP contribution >= 0.6 is 0 Å². The third kappa shape index (κ3) is 4.73. The van der Waals surface area contributed by atoms with Crippen LogP contribution in [0.25, 0.3) is 33.5 Å². The van der Waals surface area contributed by atoms with Crippen molar-refractivity contribution in [3.05, 3.63) is 116 Å². The van der Waals surface area contributed by atoms with Gasteiger partial charge in [0.1, 0.15) is 23.9 Å². The highest BCUT2D eigenvalue weighted by atomic mass is 16.6. The summed E-state index contributed by atoms with van der Waals surface area (Å²) < 4.78 is 6.34. The molecule has 12 nitrogen and oxygen atoms in total. The fraction of sp³-hybridized carbons (Fsp3) is 0.143. The van der Waals surface area contributed by atoms with Crippen molar-refractivity contribution < 1.29 is 4.92 Å². The van der Waals surface area contributed by atoms with Gasteiger partial charge in [-0.3, -0.25) is 14.0 Å². The van der Waals surface area contributed by atoms with Gasteiger partial charge in [0, 0.05) is 66.6 Å². The summed E-state index contributed by atoms with van der Waals surface area (Å²) in [7, 11) is 3.43. The molecule has 12 heteroatoms. The van der Waals surface area contributed by atoms with Crippen molar-refractivity contribution in [2.75, 3.05) is 5.73 Å². The molecule has 0 unspecified atom stereocenters. The molecule has 0 fully saturated rings. The summed E-state index contributed by atoms with van der Waals surface area (Å²) in [5.41, 5.74) is 12.0. The molecule has 0 aliphatic heterocycles. The summed E-state index contributed by atoms with van der Waals surface area (Å²) in [5, 5.41) is 11.0. The van der Waals surface area contributed by atoms with E-state index in [2.05, 4.69) is 9.97 Å². The van der Waals surface area contributed by atoms with Crippen LogP contribution in [0.3, 0.4) is 0 Å². The van der Waals surface area contributed by atoms with Gasteiger partial charge in [-0.1, -0.05) is 0 Å². The van der Waals surface area contributed by atoms with Crippen LogP contribution in [0.5, 0.6) is 0 Å². The number of aromatic nitrogens is 6. The zero-order chi connectivity index (χ0) is 28.7. The highest BCUT2D eigenvalue weighted by Gasteiger charge is 2.15. The highest BCUT2D eigenvalue weighted by Crippen LogP contribution is 2.23. The van der Waals surface area contributed by atoms with Gasteiger partial charge in [0.05, 0.1) is 6.20 Å². The Morgan fingerprint density at radius 2 is 1.20 bits per heavy atom. The van der Waals surface area contributed by atoms with Gasteiger partial charge in [-0.15, -0.1) is 0 Å². The van der Waals surface area contributed by atoms with E-state index >= 15 is 0 Å². The van der Waals surface area contributed by atoms with Gasteiger partial charge in [0.15, 0.2) is 0 Å². The molecule has 40 heavy (non-hydrogen) atoms. The first-order chi connectivity index (χ1) is 19.0. The maximum Gasteiger partial charge on any atom is 0.347 e. The van der Waals surface area contributed by atoms with E-state index in [9.17, 15) is 19.7 Å². The van der Waals surface area contributed by atoms with E-state index < -0.39 is 4.92 Å². The number of rotatable bonds is 3. The Kier molecular flexibility index (Phi) is 6.51. The number of pyridine rings is 4. The monoisotopic (exact) mass is 538 g/mol. The lowest BCUT2D eigenvalue weighted by Gasteiger charge is -2.07. The predicted octanol–water partition coefficient (Wildman–Crippen LogP) is 3.51. The van der Waals surface area contributed by atoms with Crippen LogP contribution in [0.4, 0.5) is 11.6 Å². The molecule has 6 aromatic heterocycles. The van der Waals surface area contributed by atoms with Crippen LogP contribution in [-0.2, 0) is 14.1 Å². The number of nitrogen functional groups attached to an aromatic ring is 1. The van der Waals surface area contributed by atoms with Gasteiger partial charge in [0.2, 0.25) is 5.65 Å². The first kappa shape index (κ1) is 26.1. The molecular formula is C28H26N8O4. The number of hydrogen-bond donors (Lipinski definition) is 1. The summed E-state index contributed by atoms with van der Waals surface area (Å²) in [4.78, 5) is 42.1. The Hall–Kier alpha value is -5.52. The van der Waals surface area contributed by atoms with Gasteiger partial charge in [-0.25, -0.2) is 9.97 Å². The number of nitrogens with two attached hydrogens (primary N) is 1. The van der Waals surface area contributed by atoms with E-state index in [4.69, 9.17) is 5.73 Å². The number of aryl methyl sites for hydroxylation is 4. The molecule has 0 saturated carbocycles. The second-order valence-corrected chi connectivity index (χ2v) is 9.50. The predicted molar refractivity (Wildman–Crippen MR) is 152 cm³/mol. The van der Waals surface area contributed by atoms with E-state index in [-0.39, 0.29) is 16.9 Å². The first-order valence-corrected chi connectivity index (χ1v) is 12.2. The second-order valence-electron chi connectivity index (χ2n) is 9.50. The lowest BCUT2D eigenvalue weighted by atomic mass is 10.1. The summed E-state index contributed by atoms with van der Waals surface area (Å²) >= 11 is 0. The quantitative estimate of drug-likeness (QED) is 0.268. The van der Waals surface area contributed by atoms with E-state index in [0.717, 1.165) is 33.5 Å². The molecular weight excluding hydrogens is 512 g/mol. The number of imidazole rings is 2. The molecule has 0 radical (unpaired) electrons. The van der Waals surface area contributed by atoms with Crippen LogP contribution < -0.4 is 16.9 Å². The normalized spacial score (nSPS) is 11.0. The number of fused-ring (bicyclic) bond motifs is 2. The standard InChI is InChI=1S/C14H12N4O3.C14H14N4O/c1-9-5-11(7-16(2)14(9)19)10-3-4-12-15-6-13(18(20)21)17(12)8-10;1-9-5-11(7-17(2)14(9)19)10-3-4-13-16-6-12(15)18(13)8-10/h3-8H,1-2H3;3-8H,15H2,1-2H3. The SMILES string of the molecule is Cc1cc(-c2ccc3ncc(N)n3c2)cn(C)c1=O.Cc1cc(-c2ccc3ncc([N+](=O)[O-])n3c2)cn(C)c1=O. The van der Waals surface area contributed by atoms with Gasteiger partial charge >= 0.3 is 5.82 Å². The molecule has 0 aliphatic carbocycles. The molecule has 0 amide bonds. The molecule has 6 heterocycles. The van der Waals surface area contributed by atoms with E-state index in [0.29, 0.717) is 17.0 Å².